The Balaban J connectivity index is 2.01. The van der Waals surface area contributed by atoms with Crippen LogP contribution in [0.2, 0.25) is 0 Å². The number of hydrogen-bond donors (Lipinski definition) is 2. The highest BCUT2D eigenvalue weighted by Crippen LogP contribution is 2.27. The zero-order valence-corrected chi connectivity index (χ0v) is 13.0. The van der Waals surface area contributed by atoms with Crippen LogP contribution in [-0.4, -0.2) is 68.0 Å². The lowest BCUT2D eigenvalue weighted by Gasteiger charge is -2.25. The number of carbonyl (C=O) groups is 2. The Bertz CT molecular complexity index is 669. The Morgan fingerprint density at radius 1 is 1.48 bits per heavy atom. The fraction of sp³-hybridized carbons (Fsp3) is 0.533. The smallest absolute Gasteiger partial charge is 0.407 e. The van der Waals surface area contributed by atoms with E-state index in [-0.39, 0.29) is 18.4 Å². The molecule has 1 aromatic heterocycles. The number of fused-ring (bicyclic) bond motifs is 3. The molecular formula is C15H20N4O4. The van der Waals surface area contributed by atoms with E-state index < -0.39 is 12.2 Å². The molecule has 0 bridgehead atoms. The maximum absolute atomic E-state index is 12.7. The second-order valence-corrected chi connectivity index (χ2v) is 6.08. The molecule has 0 saturated heterocycles. The summed E-state index contributed by atoms with van der Waals surface area (Å²) >= 11 is 0. The summed E-state index contributed by atoms with van der Waals surface area (Å²) in [6.45, 7) is 4.95. The average Bonchev–Trinajstić information content (AvgIpc) is 2.83. The van der Waals surface area contributed by atoms with Gasteiger partial charge >= 0.3 is 6.09 Å². The number of aromatic nitrogens is 2. The Labute approximate surface area is 133 Å². The van der Waals surface area contributed by atoms with E-state index in [0.717, 1.165) is 5.69 Å². The Morgan fingerprint density at radius 3 is 2.87 bits per heavy atom. The van der Waals surface area contributed by atoms with Gasteiger partial charge in [-0.1, -0.05) is 6.08 Å². The molecule has 2 amide bonds. The quantitative estimate of drug-likeness (QED) is 0.757. The third-order valence-corrected chi connectivity index (χ3v) is 4.56. The number of carbonyl (C=O) groups excluding carboxylic acids is 1. The first-order valence-corrected chi connectivity index (χ1v) is 7.55. The van der Waals surface area contributed by atoms with Crippen LogP contribution >= 0.6 is 0 Å². The fourth-order valence-electron chi connectivity index (χ4n) is 3.26. The van der Waals surface area contributed by atoms with Gasteiger partial charge in [-0.3, -0.25) is 9.48 Å². The third-order valence-electron chi connectivity index (χ3n) is 4.56. The van der Waals surface area contributed by atoms with Crippen LogP contribution in [0.1, 0.15) is 21.7 Å². The Kier molecular flexibility index (Phi) is 3.85. The summed E-state index contributed by atoms with van der Waals surface area (Å²) in [5.41, 5.74) is 1.89. The van der Waals surface area contributed by atoms with Gasteiger partial charge in [-0.25, -0.2) is 4.79 Å². The predicted molar refractivity (Wildman–Crippen MR) is 81.0 cm³/mol. The molecule has 0 radical (unpaired) electrons. The molecule has 3 heterocycles. The van der Waals surface area contributed by atoms with E-state index in [1.807, 2.05) is 0 Å². The standard InChI is InChI=1S/C15H20N4O4/c1-3-12(20)9-6-17(2)14(21)13-10-8-18(15(22)23)5-4-11(10)16-19(13)7-9/h3,9,12,20H,1,4-8H2,2H3,(H,22,23)/t9-,12?/m1/s1. The number of hydrogen-bond acceptors (Lipinski definition) is 4. The minimum atomic E-state index is -0.995. The van der Waals surface area contributed by atoms with Gasteiger partial charge in [0.2, 0.25) is 0 Å². The van der Waals surface area contributed by atoms with Crippen molar-refractivity contribution in [3.05, 3.63) is 29.6 Å². The molecule has 8 nitrogen and oxygen atoms in total. The highest BCUT2D eigenvalue weighted by atomic mass is 16.4. The number of carboxylic acid groups (broad SMARTS) is 1. The Hall–Kier alpha value is -2.35. The lowest BCUT2D eigenvalue weighted by Crippen LogP contribution is -2.37. The molecule has 0 saturated carbocycles. The van der Waals surface area contributed by atoms with Crippen LogP contribution in [0.3, 0.4) is 0 Å². The van der Waals surface area contributed by atoms with Crippen LogP contribution in [0, 0.1) is 5.92 Å². The van der Waals surface area contributed by atoms with Gasteiger partial charge in [0.05, 0.1) is 18.3 Å². The van der Waals surface area contributed by atoms with Crippen molar-refractivity contribution < 1.29 is 19.8 Å². The number of rotatable bonds is 2. The zero-order valence-electron chi connectivity index (χ0n) is 13.0. The summed E-state index contributed by atoms with van der Waals surface area (Å²) in [6, 6.07) is 0. The first kappa shape index (κ1) is 15.5. The summed E-state index contributed by atoms with van der Waals surface area (Å²) in [5.74, 6) is -0.385. The third kappa shape index (κ3) is 2.59. The number of nitrogens with zero attached hydrogens (tertiary/aromatic N) is 4. The van der Waals surface area contributed by atoms with E-state index in [4.69, 9.17) is 0 Å². The minimum absolute atomic E-state index is 0.175. The van der Waals surface area contributed by atoms with Gasteiger partial charge in [0.1, 0.15) is 5.69 Å². The molecule has 2 N–H and O–H groups in total. The summed E-state index contributed by atoms with van der Waals surface area (Å²) in [5, 5.41) is 23.8. The lowest BCUT2D eigenvalue weighted by atomic mass is 10.0. The average molecular weight is 320 g/mol. The molecule has 1 unspecified atom stereocenters. The zero-order chi connectivity index (χ0) is 16.7. The SMILES string of the molecule is C=CC(O)[C@@H]1CN(C)C(=O)c2c3c(nn2C1)CCN(C(=O)O)C3. The van der Waals surface area contributed by atoms with Crippen molar-refractivity contribution in [2.24, 2.45) is 5.92 Å². The molecule has 2 aliphatic rings. The highest BCUT2D eigenvalue weighted by molar-refractivity contribution is 5.94. The van der Waals surface area contributed by atoms with Crippen LogP contribution in [0.5, 0.6) is 0 Å². The second-order valence-electron chi connectivity index (χ2n) is 6.08. The largest absolute Gasteiger partial charge is 0.465 e. The van der Waals surface area contributed by atoms with E-state index in [1.54, 1.807) is 16.6 Å². The van der Waals surface area contributed by atoms with Gasteiger partial charge in [-0.05, 0) is 0 Å². The number of amides is 2. The second kappa shape index (κ2) is 5.69. The van der Waals surface area contributed by atoms with Crippen LogP contribution in [-0.2, 0) is 19.5 Å². The molecule has 2 aliphatic heterocycles. The van der Waals surface area contributed by atoms with Gasteiger partial charge in [-0.2, -0.15) is 5.10 Å². The molecule has 0 aromatic carbocycles. The molecule has 8 heteroatoms. The van der Waals surface area contributed by atoms with Crippen molar-refractivity contribution in [1.29, 1.82) is 0 Å². The van der Waals surface area contributed by atoms with Gasteiger partial charge in [-0.15, -0.1) is 6.58 Å². The Morgan fingerprint density at radius 2 is 2.22 bits per heavy atom. The molecule has 3 rings (SSSR count). The normalized spacial score (nSPS) is 22.2. The van der Waals surface area contributed by atoms with Gasteiger partial charge in [0, 0.05) is 44.6 Å². The molecule has 0 spiro atoms. The lowest BCUT2D eigenvalue weighted by molar-refractivity contribution is 0.0724. The van der Waals surface area contributed by atoms with Gasteiger partial charge in [0.15, 0.2) is 0 Å². The number of aliphatic hydroxyl groups excluding tert-OH is 1. The van der Waals surface area contributed by atoms with Crippen molar-refractivity contribution in [3.63, 3.8) is 0 Å². The molecular weight excluding hydrogens is 300 g/mol. The van der Waals surface area contributed by atoms with Gasteiger partial charge < -0.3 is 20.0 Å². The predicted octanol–water partition coefficient (Wildman–Crippen LogP) is 0.168. The van der Waals surface area contributed by atoms with E-state index >= 15 is 0 Å². The van der Waals surface area contributed by atoms with Crippen molar-refractivity contribution in [3.8, 4) is 0 Å². The van der Waals surface area contributed by atoms with Crippen molar-refractivity contribution in [1.82, 2.24) is 19.6 Å². The molecule has 1 aromatic rings. The maximum Gasteiger partial charge on any atom is 0.407 e. The first-order valence-electron chi connectivity index (χ1n) is 7.55. The molecule has 23 heavy (non-hydrogen) atoms. The van der Waals surface area contributed by atoms with Crippen molar-refractivity contribution >= 4 is 12.0 Å². The summed E-state index contributed by atoms with van der Waals surface area (Å²) in [7, 11) is 1.68. The first-order chi connectivity index (χ1) is 10.9. The molecule has 2 atom stereocenters. The number of aliphatic hydroxyl groups is 1. The fourth-order valence-corrected chi connectivity index (χ4v) is 3.26. The summed E-state index contributed by atoms with van der Waals surface area (Å²) < 4.78 is 1.62. The molecule has 124 valence electrons. The van der Waals surface area contributed by atoms with Crippen molar-refractivity contribution in [2.45, 2.75) is 25.6 Å². The van der Waals surface area contributed by atoms with Crippen LogP contribution < -0.4 is 0 Å². The highest BCUT2D eigenvalue weighted by Gasteiger charge is 2.35. The summed E-state index contributed by atoms with van der Waals surface area (Å²) in [6.07, 6.45) is 0.231. The van der Waals surface area contributed by atoms with E-state index in [0.29, 0.717) is 37.3 Å². The monoisotopic (exact) mass is 320 g/mol. The van der Waals surface area contributed by atoms with Gasteiger partial charge in [0.25, 0.3) is 5.91 Å². The van der Waals surface area contributed by atoms with Crippen molar-refractivity contribution in [2.75, 3.05) is 20.1 Å². The van der Waals surface area contributed by atoms with E-state index in [9.17, 15) is 19.8 Å². The molecule has 0 aliphatic carbocycles. The van der Waals surface area contributed by atoms with Crippen LogP contribution in [0.25, 0.3) is 0 Å². The van der Waals surface area contributed by atoms with E-state index in [2.05, 4.69) is 11.7 Å². The van der Waals surface area contributed by atoms with Crippen LogP contribution in [0.4, 0.5) is 4.79 Å². The van der Waals surface area contributed by atoms with Crippen LogP contribution in [0.15, 0.2) is 12.7 Å². The topological polar surface area (TPSA) is 98.9 Å². The molecule has 0 fully saturated rings. The van der Waals surface area contributed by atoms with E-state index in [1.165, 1.54) is 11.0 Å². The summed E-state index contributed by atoms with van der Waals surface area (Å²) in [4.78, 5) is 26.7. The maximum atomic E-state index is 12.7. The minimum Gasteiger partial charge on any atom is -0.465 e.